The number of hydrogen-bond donors (Lipinski definition) is 1. The van der Waals surface area contributed by atoms with Gasteiger partial charge in [0.2, 0.25) is 0 Å². The van der Waals surface area contributed by atoms with Crippen LogP contribution in [0.2, 0.25) is 5.02 Å². The molecule has 8 heteroatoms. The van der Waals surface area contributed by atoms with Gasteiger partial charge in [-0.15, -0.1) is 5.10 Å². The van der Waals surface area contributed by atoms with E-state index in [-0.39, 0.29) is 18.6 Å². The lowest BCUT2D eigenvalue weighted by atomic mass is 10.1. The highest BCUT2D eigenvalue weighted by Gasteiger charge is 2.17. The van der Waals surface area contributed by atoms with Crippen molar-refractivity contribution in [2.24, 2.45) is 0 Å². The van der Waals surface area contributed by atoms with Crippen LogP contribution in [0.15, 0.2) is 72.8 Å². The molecule has 1 N–H and O–H groups in total. The summed E-state index contributed by atoms with van der Waals surface area (Å²) in [4.78, 5) is 16.9. The van der Waals surface area contributed by atoms with Crippen molar-refractivity contribution in [1.82, 2.24) is 14.8 Å². The first-order valence-corrected chi connectivity index (χ1v) is 11.3. The molecule has 4 rings (SSSR count). The number of aryl methyl sites for hydroxylation is 1. The first kappa shape index (κ1) is 23.3. The third-order valence-corrected chi connectivity index (χ3v) is 5.15. The molecule has 0 saturated carbocycles. The van der Waals surface area contributed by atoms with E-state index in [0.717, 1.165) is 16.8 Å². The number of rotatable bonds is 8. The van der Waals surface area contributed by atoms with Gasteiger partial charge in [-0.1, -0.05) is 35.9 Å². The van der Waals surface area contributed by atoms with Gasteiger partial charge in [0.25, 0.3) is 5.91 Å². The maximum atomic E-state index is 12.3. The van der Waals surface area contributed by atoms with Crippen LogP contribution in [0, 0.1) is 6.92 Å². The Bertz CT molecular complexity index is 1270. The zero-order valence-corrected chi connectivity index (χ0v) is 19.9. The van der Waals surface area contributed by atoms with E-state index in [1.54, 1.807) is 28.9 Å². The monoisotopic (exact) mass is 476 g/mol. The molecule has 0 fully saturated rings. The minimum absolute atomic E-state index is 0.0479. The van der Waals surface area contributed by atoms with Gasteiger partial charge >= 0.3 is 6.01 Å². The summed E-state index contributed by atoms with van der Waals surface area (Å²) < 4.78 is 13.0. The van der Waals surface area contributed by atoms with E-state index in [9.17, 15) is 4.79 Å². The van der Waals surface area contributed by atoms with Gasteiger partial charge in [-0.3, -0.25) is 4.79 Å². The first-order chi connectivity index (χ1) is 16.4. The topological polar surface area (TPSA) is 78.3 Å². The third kappa shape index (κ3) is 5.74. The van der Waals surface area contributed by atoms with Gasteiger partial charge < -0.3 is 14.8 Å². The molecular weight excluding hydrogens is 452 g/mol. The standard InChI is InChI=1S/C26H25ClN4O3/c1-17(2)34-26-29-25(23-7-5-4-6-18(23)3)31(30-26)21-12-10-20(11-13-21)28-24(32)16-33-22-14-8-19(27)9-15-22/h4-15,17H,16H2,1-3H3,(H,28,32). The van der Waals surface area contributed by atoms with Gasteiger partial charge in [-0.2, -0.15) is 4.98 Å². The van der Waals surface area contributed by atoms with Crippen LogP contribution in [0.25, 0.3) is 17.1 Å². The van der Waals surface area contributed by atoms with E-state index in [4.69, 9.17) is 21.1 Å². The van der Waals surface area contributed by atoms with Gasteiger partial charge in [-0.25, -0.2) is 4.68 Å². The fourth-order valence-corrected chi connectivity index (χ4v) is 3.42. The number of benzene rings is 3. The number of hydrogen-bond acceptors (Lipinski definition) is 5. The van der Waals surface area contributed by atoms with Crippen LogP contribution in [0.1, 0.15) is 19.4 Å². The lowest BCUT2D eigenvalue weighted by molar-refractivity contribution is -0.118. The maximum absolute atomic E-state index is 12.3. The van der Waals surface area contributed by atoms with Gasteiger partial charge in [0.1, 0.15) is 5.75 Å². The predicted octanol–water partition coefficient (Wildman–Crippen LogP) is 5.70. The summed E-state index contributed by atoms with van der Waals surface area (Å²) in [7, 11) is 0. The predicted molar refractivity (Wildman–Crippen MR) is 133 cm³/mol. The van der Waals surface area contributed by atoms with Crippen LogP contribution in [0.5, 0.6) is 11.8 Å². The summed E-state index contributed by atoms with van der Waals surface area (Å²) in [6.45, 7) is 5.78. The van der Waals surface area contributed by atoms with Crippen molar-refractivity contribution in [3.05, 3.63) is 83.4 Å². The molecule has 0 atom stereocenters. The largest absolute Gasteiger partial charge is 0.484 e. The Labute approximate surface area is 203 Å². The Morgan fingerprint density at radius 3 is 2.41 bits per heavy atom. The first-order valence-electron chi connectivity index (χ1n) is 10.9. The van der Waals surface area contributed by atoms with Crippen molar-refractivity contribution in [2.45, 2.75) is 26.9 Å². The Morgan fingerprint density at radius 2 is 1.74 bits per heavy atom. The number of carbonyl (C=O) groups excluding carboxylic acids is 1. The molecule has 1 amide bonds. The van der Waals surface area contributed by atoms with Crippen molar-refractivity contribution in [1.29, 1.82) is 0 Å². The molecule has 174 valence electrons. The van der Waals surface area contributed by atoms with Crippen LogP contribution in [-0.4, -0.2) is 33.4 Å². The van der Waals surface area contributed by atoms with Crippen molar-refractivity contribution in [3.8, 4) is 28.8 Å². The molecular formula is C26H25ClN4O3. The second kappa shape index (κ2) is 10.4. The number of amides is 1. The molecule has 0 spiro atoms. The minimum Gasteiger partial charge on any atom is -0.484 e. The molecule has 4 aromatic rings. The Kier molecular flexibility index (Phi) is 7.13. The lowest BCUT2D eigenvalue weighted by Crippen LogP contribution is -2.20. The summed E-state index contributed by atoms with van der Waals surface area (Å²) in [5.74, 6) is 0.989. The summed E-state index contributed by atoms with van der Waals surface area (Å²) in [6.07, 6.45) is -0.0479. The minimum atomic E-state index is -0.267. The van der Waals surface area contributed by atoms with E-state index in [0.29, 0.717) is 28.3 Å². The van der Waals surface area contributed by atoms with Crippen LogP contribution >= 0.6 is 11.6 Å². The fourth-order valence-electron chi connectivity index (χ4n) is 3.29. The number of nitrogens with one attached hydrogen (secondary N) is 1. The van der Waals surface area contributed by atoms with Crippen LogP contribution in [0.4, 0.5) is 5.69 Å². The summed E-state index contributed by atoms with van der Waals surface area (Å²) in [5, 5.41) is 8.00. The summed E-state index contributed by atoms with van der Waals surface area (Å²) in [5.41, 5.74) is 3.48. The van der Waals surface area contributed by atoms with Crippen molar-refractivity contribution < 1.29 is 14.3 Å². The fraction of sp³-hybridized carbons (Fsp3) is 0.192. The van der Waals surface area contributed by atoms with Crippen LogP contribution in [-0.2, 0) is 4.79 Å². The molecule has 0 aliphatic heterocycles. The van der Waals surface area contributed by atoms with E-state index in [2.05, 4.69) is 15.4 Å². The van der Waals surface area contributed by atoms with Crippen molar-refractivity contribution in [2.75, 3.05) is 11.9 Å². The van der Waals surface area contributed by atoms with E-state index < -0.39 is 0 Å². The second-order valence-electron chi connectivity index (χ2n) is 7.95. The van der Waals surface area contributed by atoms with E-state index in [1.165, 1.54) is 0 Å². The molecule has 0 aliphatic carbocycles. The molecule has 0 aliphatic rings. The quantitative estimate of drug-likeness (QED) is 0.353. The molecule has 7 nitrogen and oxygen atoms in total. The average molecular weight is 477 g/mol. The van der Waals surface area contributed by atoms with Crippen molar-refractivity contribution >= 4 is 23.2 Å². The zero-order chi connectivity index (χ0) is 24.1. The Hall–Kier alpha value is -3.84. The lowest BCUT2D eigenvalue weighted by Gasteiger charge is -2.10. The highest BCUT2D eigenvalue weighted by molar-refractivity contribution is 6.30. The molecule has 1 heterocycles. The summed E-state index contributed by atoms with van der Waals surface area (Å²) >= 11 is 5.86. The summed E-state index contributed by atoms with van der Waals surface area (Å²) in [6, 6.07) is 22.5. The molecule has 34 heavy (non-hydrogen) atoms. The van der Waals surface area contributed by atoms with Crippen LogP contribution < -0.4 is 14.8 Å². The molecule has 0 unspecified atom stereocenters. The molecule has 0 radical (unpaired) electrons. The van der Waals surface area contributed by atoms with Gasteiger partial charge in [0.15, 0.2) is 12.4 Å². The number of halogens is 1. The third-order valence-electron chi connectivity index (χ3n) is 4.89. The normalized spacial score (nSPS) is 10.9. The highest BCUT2D eigenvalue weighted by Crippen LogP contribution is 2.27. The Balaban J connectivity index is 1.50. The number of carbonyl (C=O) groups is 1. The SMILES string of the molecule is Cc1ccccc1-c1nc(OC(C)C)nn1-c1ccc(NC(=O)COc2ccc(Cl)cc2)cc1. The number of nitrogens with zero attached hydrogens (tertiary/aromatic N) is 3. The van der Waals surface area contributed by atoms with E-state index >= 15 is 0 Å². The number of aromatic nitrogens is 3. The zero-order valence-electron chi connectivity index (χ0n) is 19.2. The smallest absolute Gasteiger partial charge is 0.336 e. The van der Waals surface area contributed by atoms with Gasteiger partial charge in [-0.05, 0) is 74.9 Å². The Morgan fingerprint density at radius 1 is 1.03 bits per heavy atom. The molecule has 3 aromatic carbocycles. The average Bonchev–Trinajstić information content (AvgIpc) is 3.22. The van der Waals surface area contributed by atoms with Crippen LogP contribution in [0.3, 0.4) is 0 Å². The van der Waals surface area contributed by atoms with Crippen molar-refractivity contribution in [3.63, 3.8) is 0 Å². The second-order valence-corrected chi connectivity index (χ2v) is 8.39. The van der Waals surface area contributed by atoms with Gasteiger partial charge in [0, 0.05) is 16.3 Å². The maximum Gasteiger partial charge on any atom is 0.336 e. The molecule has 1 aromatic heterocycles. The van der Waals surface area contributed by atoms with Gasteiger partial charge in [0.05, 0.1) is 11.8 Å². The number of anilines is 1. The highest BCUT2D eigenvalue weighted by atomic mass is 35.5. The number of ether oxygens (including phenoxy) is 2. The molecule has 0 saturated heterocycles. The molecule has 0 bridgehead atoms. The van der Waals surface area contributed by atoms with E-state index in [1.807, 2.05) is 69.3 Å².